The highest BCUT2D eigenvalue weighted by Crippen LogP contribution is 2.17. The van der Waals surface area contributed by atoms with Gasteiger partial charge < -0.3 is 9.84 Å². The summed E-state index contributed by atoms with van der Waals surface area (Å²) < 4.78 is 28.2. The molecular weight excluding hydrogens is 216 g/mol. The molecule has 0 unspecified atom stereocenters. The minimum Gasteiger partial charge on any atom is -0.497 e. The molecule has 0 bridgehead atoms. The van der Waals surface area contributed by atoms with Crippen LogP contribution in [0.3, 0.4) is 0 Å². The van der Waals surface area contributed by atoms with Crippen molar-refractivity contribution in [1.29, 1.82) is 0 Å². The van der Waals surface area contributed by atoms with Gasteiger partial charge >= 0.3 is 0 Å². The highest BCUT2D eigenvalue weighted by molar-refractivity contribution is 7.91. The van der Waals surface area contributed by atoms with Gasteiger partial charge in [0.25, 0.3) is 0 Å². The molecule has 15 heavy (non-hydrogen) atoms. The Labute approximate surface area is 89.4 Å². The molecule has 0 saturated carbocycles. The Balaban J connectivity index is 2.96. The van der Waals surface area contributed by atoms with Gasteiger partial charge in [-0.3, -0.25) is 0 Å². The fraction of sp³-hybridized carbons (Fsp3) is 0.400. The van der Waals surface area contributed by atoms with Crippen LogP contribution in [-0.4, -0.2) is 32.5 Å². The van der Waals surface area contributed by atoms with Crippen molar-refractivity contribution >= 4 is 9.84 Å². The van der Waals surface area contributed by atoms with Gasteiger partial charge in [-0.25, -0.2) is 8.42 Å². The molecule has 5 heteroatoms. The van der Waals surface area contributed by atoms with Crippen LogP contribution in [0.5, 0.6) is 5.75 Å². The van der Waals surface area contributed by atoms with Crippen molar-refractivity contribution < 1.29 is 18.3 Å². The van der Waals surface area contributed by atoms with Crippen LogP contribution in [-0.2, 0) is 9.84 Å². The Morgan fingerprint density at radius 1 is 1.33 bits per heavy atom. The van der Waals surface area contributed by atoms with Crippen LogP contribution in [0.15, 0.2) is 29.2 Å². The smallest absolute Gasteiger partial charge is 0.180 e. The fourth-order valence-corrected chi connectivity index (χ4v) is 2.58. The van der Waals surface area contributed by atoms with Crippen LogP contribution in [0.4, 0.5) is 0 Å². The average molecular weight is 230 g/mol. The maximum Gasteiger partial charge on any atom is 0.180 e. The molecule has 1 aromatic carbocycles. The number of sulfone groups is 1. The first kappa shape index (κ1) is 12.0. The van der Waals surface area contributed by atoms with E-state index in [1.165, 1.54) is 26.2 Å². The van der Waals surface area contributed by atoms with E-state index in [1.54, 1.807) is 12.1 Å². The van der Waals surface area contributed by atoms with Crippen molar-refractivity contribution in [3.8, 4) is 5.75 Å². The number of aliphatic hydroxyl groups excluding tert-OH is 1. The Kier molecular flexibility index (Phi) is 3.71. The summed E-state index contributed by atoms with van der Waals surface area (Å²) in [5.74, 6) is 0.338. The van der Waals surface area contributed by atoms with E-state index in [4.69, 9.17) is 9.84 Å². The summed E-state index contributed by atoms with van der Waals surface area (Å²) in [6.45, 7) is 1.45. The third kappa shape index (κ3) is 3.21. The normalized spacial score (nSPS) is 13.5. The molecule has 0 amide bonds. The number of methoxy groups -OCH3 is 1. The first-order valence-electron chi connectivity index (χ1n) is 4.50. The molecular formula is C10H14O4S. The molecule has 1 N–H and O–H groups in total. The van der Waals surface area contributed by atoms with Crippen LogP contribution in [0.2, 0.25) is 0 Å². The van der Waals surface area contributed by atoms with Crippen LogP contribution >= 0.6 is 0 Å². The Morgan fingerprint density at radius 2 is 1.87 bits per heavy atom. The molecule has 0 spiro atoms. The molecule has 84 valence electrons. The zero-order valence-corrected chi connectivity index (χ0v) is 9.49. The molecule has 0 fully saturated rings. The average Bonchev–Trinajstić information content (AvgIpc) is 2.16. The van der Waals surface area contributed by atoms with Gasteiger partial charge in [0.15, 0.2) is 9.84 Å². The number of rotatable bonds is 4. The van der Waals surface area contributed by atoms with Crippen LogP contribution < -0.4 is 4.74 Å². The van der Waals surface area contributed by atoms with Gasteiger partial charge in [-0.05, 0) is 31.2 Å². The monoisotopic (exact) mass is 230 g/mol. The Hall–Kier alpha value is -1.07. The number of aliphatic hydroxyl groups is 1. The zero-order chi connectivity index (χ0) is 11.5. The lowest BCUT2D eigenvalue weighted by Crippen LogP contribution is -2.17. The molecule has 0 saturated heterocycles. The largest absolute Gasteiger partial charge is 0.497 e. The minimum absolute atomic E-state index is 0.198. The summed E-state index contributed by atoms with van der Waals surface area (Å²) in [4.78, 5) is 0.198. The molecule has 0 aliphatic carbocycles. The van der Waals surface area contributed by atoms with E-state index in [9.17, 15) is 8.42 Å². The lowest BCUT2D eigenvalue weighted by atomic mass is 10.3. The van der Waals surface area contributed by atoms with Crippen molar-refractivity contribution in [2.24, 2.45) is 0 Å². The van der Waals surface area contributed by atoms with Crippen molar-refractivity contribution in [1.82, 2.24) is 0 Å². The summed E-state index contributed by atoms with van der Waals surface area (Å²) >= 11 is 0. The quantitative estimate of drug-likeness (QED) is 0.833. The Morgan fingerprint density at radius 3 is 2.27 bits per heavy atom. The molecule has 0 aliphatic heterocycles. The number of hydrogen-bond acceptors (Lipinski definition) is 4. The lowest BCUT2D eigenvalue weighted by Gasteiger charge is -2.07. The first-order chi connectivity index (χ1) is 6.95. The Bertz CT molecular complexity index is 406. The SMILES string of the molecule is COc1ccc(S(=O)(=O)C[C@@H](C)O)cc1. The summed E-state index contributed by atoms with van der Waals surface area (Å²) in [7, 11) is -1.88. The molecule has 1 rings (SSSR count). The van der Waals surface area contributed by atoms with E-state index < -0.39 is 15.9 Å². The van der Waals surface area contributed by atoms with Gasteiger partial charge in [0.2, 0.25) is 0 Å². The summed E-state index contributed by atoms with van der Waals surface area (Å²) in [5.41, 5.74) is 0. The predicted molar refractivity (Wildman–Crippen MR) is 56.7 cm³/mol. The second-order valence-electron chi connectivity index (χ2n) is 3.31. The third-order valence-electron chi connectivity index (χ3n) is 1.88. The van der Waals surface area contributed by atoms with Gasteiger partial charge in [-0.2, -0.15) is 0 Å². The number of hydrogen-bond donors (Lipinski definition) is 1. The minimum atomic E-state index is -3.39. The summed E-state index contributed by atoms with van der Waals surface area (Å²) in [5, 5.41) is 9.05. The topological polar surface area (TPSA) is 63.6 Å². The molecule has 0 radical (unpaired) electrons. The second-order valence-corrected chi connectivity index (χ2v) is 5.34. The van der Waals surface area contributed by atoms with Crippen molar-refractivity contribution in [3.63, 3.8) is 0 Å². The van der Waals surface area contributed by atoms with Crippen LogP contribution in [0.25, 0.3) is 0 Å². The highest BCUT2D eigenvalue weighted by Gasteiger charge is 2.16. The van der Waals surface area contributed by atoms with Gasteiger partial charge in [0.05, 0.1) is 23.9 Å². The van der Waals surface area contributed by atoms with Crippen molar-refractivity contribution in [3.05, 3.63) is 24.3 Å². The van der Waals surface area contributed by atoms with E-state index >= 15 is 0 Å². The van der Waals surface area contributed by atoms with E-state index in [2.05, 4.69) is 0 Å². The van der Waals surface area contributed by atoms with Crippen LogP contribution in [0, 0.1) is 0 Å². The van der Waals surface area contributed by atoms with E-state index in [-0.39, 0.29) is 10.6 Å². The molecule has 0 aromatic heterocycles. The second kappa shape index (κ2) is 4.63. The lowest BCUT2D eigenvalue weighted by molar-refractivity contribution is 0.218. The fourth-order valence-electron chi connectivity index (χ4n) is 1.20. The predicted octanol–water partition coefficient (Wildman–Crippen LogP) is 0.850. The first-order valence-corrected chi connectivity index (χ1v) is 6.16. The van der Waals surface area contributed by atoms with E-state index in [0.29, 0.717) is 5.75 Å². The van der Waals surface area contributed by atoms with Gasteiger partial charge in [-0.1, -0.05) is 0 Å². The molecule has 1 atom stereocenters. The maximum absolute atomic E-state index is 11.6. The zero-order valence-electron chi connectivity index (χ0n) is 8.67. The summed E-state index contributed by atoms with van der Waals surface area (Å²) in [6, 6.07) is 6.09. The molecule has 0 heterocycles. The molecule has 4 nitrogen and oxygen atoms in total. The van der Waals surface area contributed by atoms with Gasteiger partial charge in [-0.15, -0.1) is 0 Å². The number of ether oxygens (including phenoxy) is 1. The van der Waals surface area contributed by atoms with E-state index in [1.807, 2.05) is 0 Å². The van der Waals surface area contributed by atoms with Gasteiger partial charge in [0, 0.05) is 0 Å². The van der Waals surface area contributed by atoms with Crippen molar-refractivity contribution in [2.75, 3.05) is 12.9 Å². The standard InChI is InChI=1S/C10H14O4S/c1-8(11)7-15(12,13)10-5-3-9(14-2)4-6-10/h3-6,8,11H,7H2,1-2H3/t8-/m1/s1. The van der Waals surface area contributed by atoms with Gasteiger partial charge in [0.1, 0.15) is 5.75 Å². The van der Waals surface area contributed by atoms with Crippen molar-refractivity contribution in [2.45, 2.75) is 17.9 Å². The van der Waals surface area contributed by atoms with Crippen LogP contribution in [0.1, 0.15) is 6.92 Å². The molecule has 1 aromatic rings. The van der Waals surface area contributed by atoms with E-state index in [0.717, 1.165) is 0 Å². The maximum atomic E-state index is 11.6. The number of benzene rings is 1. The highest BCUT2D eigenvalue weighted by atomic mass is 32.2. The molecule has 0 aliphatic rings. The third-order valence-corrected chi connectivity index (χ3v) is 3.79. The summed E-state index contributed by atoms with van der Waals surface area (Å²) in [6.07, 6.45) is -0.864.